The van der Waals surface area contributed by atoms with Gasteiger partial charge in [-0.15, -0.1) is 11.3 Å². The molecule has 0 aliphatic carbocycles. The summed E-state index contributed by atoms with van der Waals surface area (Å²) >= 11 is 1.64. The molecule has 0 saturated carbocycles. The van der Waals surface area contributed by atoms with Gasteiger partial charge in [-0.25, -0.2) is 8.42 Å². The van der Waals surface area contributed by atoms with E-state index in [2.05, 4.69) is 6.07 Å². The van der Waals surface area contributed by atoms with Crippen molar-refractivity contribution in [3.8, 4) is 11.5 Å². The Balaban J connectivity index is 2.10. The lowest BCUT2D eigenvalue weighted by atomic mass is 10.1. The van der Waals surface area contributed by atoms with Gasteiger partial charge in [0.15, 0.2) is 0 Å². The molecule has 0 bridgehead atoms. The molecule has 1 saturated heterocycles. The van der Waals surface area contributed by atoms with Gasteiger partial charge in [0.1, 0.15) is 16.4 Å². The SMILES string of the molecule is COc1ccc(OC)c(S(=O)(=O)N2CCCCC[C@@H]2c2sccc2C)c1. The molecule has 1 aromatic heterocycles. The maximum Gasteiger partial charge on any atom is 0.247 e. The Hall–Kier alpha value is -1.57. The first kappa shape index (κ1) is 19.2. The Bertz CT molecular complexity index is 860. The van der Waals surface area contributed by atoms with Crippen molar-refractivity contribution in [2.45, 2.75) is 43.5 Å². The zero-order chi connectivity index (χ0) is 18.7. The summed E-state index contributed by atoms with van der Waals surface area (Å²) in [5, 5.41) is 2.03. The second-order valence-electron chi connectivity index (χ2n) is 6.47. The van der Waals surface area contributed by atoms with Crippen LogP contribution in [0.2, 0.25) is 0 Å². The number of rotatable bonds is 5. The molecule has 0 spiro atoms. The molecule has 0 amide bonds. The summed E-state index contributed by atoms with van der Waals surface area (Å²) in [6.45, 7) is 2.57. The first-order valence-corrected chi connectivity index (χ1v) is 11.1. The smallest absolute Gasteiger partial charge is 0.247 e. The summed E-state index contributed by atoms with van der Waals surface area (Å²) in [7, 11) is -0.698. The van der Waals surface area contributed by atoms with Crippen LogP contribution < -0.4 is 9.47 Å². The largest absolute Gasteiger partial charge is 0.497 e. The van der Waals surface area contributed by atoms with E-state index in [-0.39, 0.29) is 10.9 Å². The lowest BCUT2D eigenvalue weighted by Gasteiger charge is -2.29. The lowest BCUT2D eigenvalue weighted by Crippen LogP contribution is -2.35. The third kappa shape index (κ3) is 3.61. The van der Waals surface area contributed by atoms with E-state index in [9.17, 15) is 8.42 Å². The van der Waals surface area contributed by atoms with Gasteiger partial charge in [0.25, 0.3) is 0 Å². The maximum absolute atomic E-state index is 13.6. The van der Waals surface area contributed by atoms with Crippen molar-refractivity contribution < 1.29 is 17.9 Å². The lowest BCUT2D eigenvalue weighted by molar-refractivity contribution is 0.328. The molecular weight excluding hydrogens is 370 g/mol. The minimum Gasteiger partial charge on any atom is -0.497 e. The first-order chi connectivity index (χ1) is 12.5. The Kier molecular flexibility index (Phi) is 5.89. The highest BCUT2D eigenvalue weighted by atomic mass is 32.2. The number of ether oxygens (including phenoxy) is 2. The highest BCUT2D eigenvalue weighted by Crippen LogP contribution is 2.40. The van der Waals surface area contributed by atoms with Gasteiger partial charge in [-0.1, -0.05) is 12.8 Å². The zero-order valence-corrected chi connectivity index (χ0v) is 17.0. The summed E-state index contributed by atoms with van der Waals surface area (Å²) in [5.41, 5.74) is 1.15. The van der Waals surface area contributed by atoms with Crippen molar-refractivity contribution in [3.05, 3.63) is 40.1 Å². The maximum atomic E-state index is 13.6. The molecule has 142 valence electrons. The normalized spacial score (nSPS) is 19.1. The second kappa shape index (κ2) is 7.98. The predicted molar refractivity (Wildman–Crippen MR) is 104 cm³/mol. The van der Waals surface area contributed by atoms with Crippen LogP contribution in [-0.4, -0.2) is 33.5 Å². The fraction of sp³-hybridized carbons (Fsp3) is 0.474. The van der Waals surface area contributed by atoms with E-state index in [0.717, 1.165) is 36.1 Å². The minimum atomic E-state index is -3.72. The highest BCUT2D eigenvalue weighted by molar-refractivity contribution is 7.89. The van der Waals surface area contributed by atoms with E-state index >= 15 is 0 Å². The molecule has 1 aliphatic heterocycles. The average molecular weight is 396 g/mol. The van der Waals surface area contributed by atoms with Gasteiger partial charge in [-0.3, -0.25) is 0 Å². The molecule has 3 rings (SSSR count). The molecule has 0 radical (unpaired) electrons. The Morgan fingerprint density at radius 2 is 1.92 bits per heavy atom. The van der Waals surface area contributed by atoms with E-state index in [4.69, 9.17) is 9.47 Å². The van der Waals surface area contributed by atoms with Crippen LogP contribution in [0.15, 0.2) is 34.5 Å². The number of sulfonamides is 1. The van der Waals surface area contributed by atoms with E-state index in [1.807, 2.05) is 12.3 Å². The summed E-state index contributed by atoms with van der Waals surface area (Å²) < 4.78 is 39.4. The number of methoxy groups -OCH3 is 2. The Morgan fingerprint density at radius 3 is 2.58 bits per heavy atom. The molecule has 1 atom stereocenters. The van der Waals surface area contributed by atoms with E-state index < -0.39 is 10.0 Å². The van der Waals surface area contributed by atoms with Crippen LogP contribution in [0.3, 0.4) is 0 Å². The number of nitrogens with zero attached hydrogens (tertiary/aromatic N) is 1. The highest BCUT2D eigenvalue weighted by Gasteiger charge is 2.36. The molecule has 7 heteroatoms. The fourth-order valence-corrected chi connectivity index (χ4v) is 6.45. The van der Waals surface area contributed by atoms with Gasteiger partial charge in [0.2, 0.25) is 10.0 Å². The minimum absolute atomic E-state index is 0.126. The van der Waals surface area contributed by atoms with Gasteiger partial charge < -0.3 is 9.47 Å². The van der Waals surface area contributed by atoms with E-state index in [1.54, 1.807) is 33.8 Å². The van der Waals surface area contributed by atoms with E-state index in [0.29, 0.717) is 18.0 Å². The van der Waals surface area contributed by atoms with Crippen LogP contribution in [0.4, 0.5) is 0 Å². The second-order valence-corrected chi connectivity index (χ2v) is 9.27. The summed E-state index contributed by atoms with van der Waals surface area (Å²) in [4.78, 5) is 1.30. The van der Waals surface area contributed by atoms with Crippen molar-refractivity contribution in [1.29, 1.82) is 0 Å². The fourth-order valence-electron chi connectivity index (χ4n) is 3.47. The standard InChI is InChI=1S/C19H25NO4S2/c1-14-10-12-25-19(14)16-7-5-4-6-11-20(16)26(21,22)18-13-15(23-2)8-9-17(18)24-3/h8-10,12-13,16H,4-7,11H2,1-3H3/t16-/m1/s1. The molecule has 1 fully saturated rings. The molecule has 1 aromatic carbocycles. The summed E-state index contributed by atoms with van der Waals surface area (Å²) in [5.74, 6) is 0.847. The molecular formula is C19H25NO4S2. The Morgan fingerprint density at radius 1 is 1.12 bits per heavy atom. The summed E-state index contributed by atoms with van der Waals surface area (Å²) in [6, 6.07) is 6.84. The van der Waals surface area contributed by atoms with Crippen LogP contribution in [-0.2, 0) is 10.0 Å². The molecule has 5 nitrogen and oxygen atoms in total. The molecule has 0 unspecified atom stereocenters. The number of aryl methyl sites for hydroxylation is 1. The topological polar surface area (TPSA) is 55.8 Å². The predicted octanol–water partition coefficient (Wildman–Crippen LogP) is 4.38. The molecule has 1 aliphatic rings. The van der Waals surface area contributed by atoms with Crippen molar-refractivity contribution in [2.24, 2.45) is 0 Å². The quantitative estimate of drug-likeness (QED) is 0.754. The molecule has 26 heavy (non-hydrogen) atoms. The van der Waals surface area contributed by atoms with Crippen LogP contribution in [0.25, 0.3) is 0 Å². The molecule has 2 aromatic rings. The van der Waals surface area contributed by atoms with Crippen LogP contribution >= 0.6 is 11.3 Å². The monoisotopic (exact) mass is 395 g/mol. The Labute approximate surface area is 159 Å². The molecule has 2 heterocycles. The van der Waals surface area contributed by atoms with Crippen LogP contribution in [0.5, 0.6) is 11.5 Å². The van der Waals surface area contributed by atoms with Gasteiger partial charge in [-0.2, -0.15) is 4.31 Å². The van der Waals surface area contributed by atoms with Crippen molar-refractivity contribution >= 4 is 21.4 Å². The van der Waals surface area contributed by atoms with Crippen LogP contribution in [0.1, 0.15) is 42.2 Å². The van der Waals surface area contributed by atoms with Gasteiger partial charge in [0, 0.05) is 17.5 Å². The third-order valence-corrected chi connectivity index (χ3v) is 7.91. The van der Waals surface area contributed by atoms with E-state index in [1.165, 1.54) is 14.2 Å². The van der Waals surface area contributed by atoms with Crippen molar-refractivity contribution in [2.75, 3.05) is 20.8 Å². The van der Waals surface area contributed by atoms with Crippen molar-refractivity contribution in [1.82, 2.24) is 4.31 Å². The third-order valence-electron chi connectivity index (χ3n) is 4.87. The van der Waals surface area contributed by atoms with Gasteiger partial charge >= 0.3 is 0 Å². The number of thiophene rings is 1. The van der Waals surface area contributed by atoms with Crippen molar-refractivity contribution in [3.63, 3.8) is 0 Å². The number of hydrogen-bond donors (Lipinski definition) is 0. The number of benzene rings is 1. The summed E-state index contributed by atoms with van der Waals surface area (Å²) in [6.07, 6.45) is 3.78. The first-order valence-electron chi connectivity index (χ1n) is 8.77. The zero-order valence-electron chi connectivity index (χ0n) is 15.4. The number of hydrogen-bond acceptors (Lipinski definition) is 5. The van der Waals surface area contributed by atoms with Crippen LogP contribution in [0, 0.1) is 6.92 Å². The van der Waals surface area contributed by atoms with Gasteiger partial charge in [-0.05, 0) is 48.9 Å². The average Bonchev–Trinajstić information content (AvgIpc) is 2.92. The van der Waals surface area contributed by atoms with Gasteiger partial charge in [0.05, 0.1) is 20.3 Å². The molecule has 0 N–H and O–H groups in total.